The van der Waals surface area contributed by atoms with E-state index in [9.17, 15) is 9.59 Å². The second-order valence-electron chi connectivity index (χ2n) is 7.53. The molecule has 2 heterocycles. The molecule has 7 nitrogen and oxygen atoms in total. The van der Waals surface area contributed by atoms with Gasteiger partial charge in [0.1, 0.15) is 5.82 Å². The zero-order valence-corrected chi connectivity index (χ0v) is 16.6. The van der Waals surface area contributed by atoms with E-state index in [0.717, 1.165) is 16.9 Å². The number of rotatable bonds is 5. The maximum atomic E-state index is 12.9. The lowest BCUT2D eigenvalue weighted by Gasteiger charge is -2.20. The average molecular weight is 389 g/mol. The molecule has 0 aliphatic heterocycles. The van der Waals surface area contributed by atoms with E-state index in [0.29, 0.717) is 16.5 Å². The predicted octanol–water partition coefficient (Wildman–Crippen LogP) is 2.87. The molecule has 4 rings (SSSR count). The lowest BCUT2D eigenvalue weighted by molar-refractivity contribution is -0.121. The topological polar surface area (TPSA) is 92.7 Å². The molecule has 0 bridgehead atoms. The summed E-state index contributed by atoms with van der Waals surface area (Å²) in [7, 11) is 1.60. The normalized spacial score (nSPS) is 12.6. The van der Waals surface area contributed by atoms with Gasteiger partial charge in [-0.1, -0.05) is 44.2 Å². The van der Waals surface area contributed by atoms with E-state index < -0.39 is 0 Å². The summed E-state index contributed by atoms with van der Waals surface area (Å²) in [6.07, 6.45) is 0.0814. The summed E-state index contributed by atoms with van der Waals surface area (Å²) in [6, 6.07) is 14.8. The molecule has 0 spiro atoms. The molecular weight excluding hydrogens is 366 g/mol. The Hall–Kier alpha value is -3.48. The van der Waals surface area contributed by atoms with Crippen molar-refractivity contribution in [1.29, 1.82) is 0 Å². The van der Waals surface area contributed by atoms with Crippen molar-refractivity contribution in [2.75, 3.05) is 0 Å². The number of hydrogen-bond acceptors (Lipinski definition) is 4. The molecule has 1 amide bonds. The van der Waals surface area contributed by atoms with Crippen molar-refractivity contribution in [2.24, 2.45) is 13.0 Å². The first-order valence-corrected chi connectivity index (χ1v) is 9.63. The van der Waals surface area contributed by atoms with Crippen molar-refractivity contribution >= 4 is 27.7 Å². The number of hydrogen-bond donors (Lipinski definition) is 2. The maximum Gasteiger partial charge on any atom is 0.274 e. The highest BCUT2D eigenvalue weighted by atomic mass is 16.2. The number of aryl methyl sites for hydroxylation is 1. The van der Waals surface area contributed by atoms with E-state index in [2.05, 4.69) is 20.4 Å². The van der Waals surface area contributed by atoms with E-state index in [-0.39, 0.29) is 29.8 Å². The van der Waals surface area contributed by atoms with Crippen LogP contribution in [0.15, 0.2) is 53.3 Å². The zero-order chi connectivity index (χ0) is 20.5. The summed E-state index contributed by atoms with van der Waals surface area (Å²) in [5.74, 6) is 0.706. The van der Waals surface area contributed by atoms with Gasteiger partial charge in [0, 0.05) is 12.4 Å². The Labute approximate surface area is 167 Å². The average Bonchev–Trinajstić information content (AvgIpc) is 3.13. The summed E-state index contributed by atoms with van der Waals surface area (Å²) in [6.45, 7) is 4.08. The fraction of sp³-hybridized carbons (Fsp3) is 0.273. The number of benzene rings is 2. The Morgan fingerprint density at radius 2 is 1.79 bits per heavy atom. The van der Waals surface area contributed by atoms with Crippen LogP contribution in [0.25, 0.3) is 21.8 Å². The van der Waals surface area contributed by atoms with Gasteiger partial charge >= 0.3 is 0 Å². The number of aromatic nitrogens is 4. The lowest BCUT2D eigenvalue weighted by Crippen LogP contribution is -2.34. The summed E-state index contributed by atoms with van der Waals surface area (Å²) >= 11 is 0. The van der Waals surface area contributed by atoms with Gasteiger partial charge in [-0.2, -0.15) is 5.10 Å². The number of amides is 1. The molecule has 2 N–H and O–H groups in total. The van der Waals surface area contributed by atoms with E-state index in [1.54, 1.807) is 13.1 Å². The first kappa shape index (κ1) is 18.9. The van der Waals surface area contributed by atoms with Crippen molar-refractivity contribution in [3.8, 4) is 0 Å². The Kier molecular flexibility index (Phi) is 4.88. The van der Waals surface area contributed by atoms with Crippen LogP contribution in [-0.2, 0) is 18.3 Å². The molecule has 29 heavy (non-hydrogen) atoms. The molecule has 0 aliphatic rings. The van der Waals surface area contributed by atoms with Crippen LogP contribution in [0.1, 0.15) is 31.4 Å². The summed E-state index contributed by atoms with van der Waals surface area (Å²) in [5.41, 5.74) is 2.21. The third-order valence-electron chi connectivity index (χ3n) is 5.05. The minimum atomic E-state index is -0.256. The van der Waals surface area contributed by atoms with Crippen molar-refractivity contribution in [2.45, 2.75) is 26.3 Å². The van der Waals surface area contributed by atoms with Crippen LogP contribution in [0.4, 0.5) is 0 Å². The Balaban J connectivity index is 1.62. The second-order valence-corrected chi connectivity index (χ2v) is 7.53. The maximum absolute atomic E-state index is 12.9. The molecule has 0 fully saturated rings. The second kappa shape index (κ2) is 7.50. The monoisotopic (exact) mass is 389 g/mol. The van der Waals surface area contributed by atoms with Gasteiger partial charge < -0.3 is 10.3 Å². The first-order chi connectivity index (χ1) is 13.9. The van der Waals surface area contributed by atoms with Crippen LogP contribution in [-0.4, -0.2) is 25.7 Å². The van der Waals surface area contributed by atoms with Crippen molar-refractivity contribution in [3.05, 3.63) is 70.4 Å². The molecule has 0 saturated carbocycles. The number of fused-ring (bicyclic) bond motifs is 2. The number of para-hydroxylation sites is 2. The molecule has 0 radical (unpaired) electrons. The highest BCUT2D eigenvalue weighted by molar-refractivity contribution is 5.88. The molecule has 7 heteroatoms. The molecule has 148 valence electrons. The minimum Gasteiger partial charge on any atom is -0.346 e. The number of nitrogens with one attached hydrogen (secondary N) is 2. The minimum absolute atomic E-state index is 0.0814. The molecule has 1 unspecified atom stereocenters. The molecule has 2 aromatic carbocycles. The van der Waals surface area contributed by atoms with Crippen LogP contribution in [0.5, 0.6) is 0 Å². The van der Waals surface area contributed by atoms with Crippen molar-refractivity contribution in [3.63, 3.8) is 0 Å². The van der Waals surface area contributed by atoms with Crippen LogP contribution in [0.2, 0.25) is 0 Å². The molecule has 0 aliphatic carbocycles. The van der Waals surface area contributed by atoms with Gasteiger partial charge in [0.15, 0.2) is 0 Å². The fourth-order valence-electron chi connectivity index (χ4n) is 3.55. The van der Waals surface area contributed by atoms with Gasteiger partial charge in [0.25, 0.3) is 5.56 Å². The molecule has 4 aromatic rings. The van der Waals surface area contributed by atoms with Crippen LogP contribution < -0.4 is 10.9 Å². The molecule has 1 atom stereocenters. The Morgan fingerprint density at radius 3 is 2.52 bits per heavy atom. The highest BCUT2D eigenvalue weighted by Gasteiger charge is 2.23. The Morgan fingerprint density at radius 1 is 1.10 bits per heavy atom. The van der Waals surface area contributed by atoms with Crippen molar-refractivity contribution < 1.29 is 4.79 Å². The Bertz CT molecular complexity index is 1220. The van der Waals surface area contributed by atoms with Crippen LogP contribution in [0.3, 0.4) is 0 Å². The summed E-state index contributed by atoms with van der Waals surface area (Å²) in [4.78, 5) is 33.1. The third kappa shape index (κ3) is 3.63. The molecular formula is C22H23N5O2. The number of H-pyrrole nitrogens is 1. The lowest BCUT2D eigenvalue weighted by atomic mass is 10.0. The quantitative estimate of drug-likeness (QED) is 0.549. The van der Waals surface area contributed by atoms with E-state index in [1.807, 2.05) is 56.3 Å². The van der Waals surface area contributed by atoms with Crippen LogP contribution >= 0.6 is 0 Å². The third-order valence-corrected chi connectivity index (χ3v) is 5.05. The zero-order valence-electron chi connectivity index (χ0n) is 16.6. The smallest absolute Gasteiger partial charge is 0.274 e. The summed E-state index contributed by atoms with van der Waals surface area (Å²) in [5, 5.41) is 8.67. The van der Waals surface area contributed by atoms with Crippen molar-refractivity contribution in [1.82, 2.24) is 25.1 Å². The van der Waals surface area contributed by atoms with Crippen LogP contribution in [0, 0.1) is 5.92 Å². The standard InChI is InChI=1S/C22H23N5O2/c1-13(2)20(21-23-16-10-6-7-11-17(16)24-21)25-19(28)12-18-14-8-4-5-9-15(14)22(29)27(3)26-18/h4-11,13,20H,12H2,1-3H3,(H,23,24)(H,25,28). The molecule has 2 aromatic heterocycles. The number of imidazole rings is 1. The van der Waals surface area contributed by atoms with Gasteiger partial charge in [-0.3, -0.25) is 9.59 Å². The number of carbonyl (C=O) groups is 1. The number of carbonyl (C=O) groups excluding carboxylic acids is 1. The van der Waals surface area contributed by atoms with E-state index in [1.165, 1.54) is 4.68 Å². The largest absolute Gasteiger partial charge is 0.346 e. The van der Waals surface area contributed by atoms with Gasteiger partial charge in [-0.05, 0) is 24.1 Å². The van der Waals surface area contributed by atoms with Gasteiger partial charge in [-0.25, -0.2) is 9.67 Å². The summed E-state index contributed by atoms with van der Waals surface area (Å²) < 4.78 is 1.28. The first-order valence-electron chi connectivity index (χ1n) is 9.63. The SMILES string of the molecule is CC(C)C(NC(=O)Cc1nn(C)c(=O)c2ccccc12)c1nc2ccccc2[nH]1. The number of nitrogens with zero attached hydrogens (tertiary/aromatic N) is 3. The predicted molar refractivity (Wildman–Crippen MR) is 113 cm³/mol. The number of aromatic amines is 1. The fourth-order valence-corrected chi connectivity index (χ4v) is 3.55. The van der Waals surface area contributed by atoms with Gasteiger partial charge in [0.2, 0.25) is 5.91 Å². The van der Waals surface area contributed by atoms with Gasteiger partial charge in [-0.15, -0.1) is 0 Å². The van der Waals surface area contributed by atoms with E-state index >= 15 is 0 Å². The molecule has 0 saturated heterocycles. The van der Waals surface area contributed by atoms with Gasteiger partial charge in [0.05, 0.1) is 34.6 Å². The van der Waals surface area contributed by atoms with E-state index in [4.69, 9.17) is 0 Å². The highest BCUT2D eigenvalue weighted by Crippen LogP contribution is 2.22.